The number of nitrogens with one attached hydrogen (secondary N) is 1. The Balaban J connectivity index is 1.63. The van der Waals surface area contributed by atoms with Gasteiger partial charge in [0.1, 0.15) is 6.61 Å². The topological polar surface area (TPSA) is 55.6 Å². The summed E-state index contributed by atoms with van der Waals surface area (Å²) in [6.07, 6.45) is 5.21. The highest BCUT2D eigenvalue weighted by Gasteiger charge is 2.24. The lowest BCUT2D eigenvalue weighted by molar-refractivity contribution is -0.121. The van der Waals surface area contributed by atoms with Crippen molar-refractivity contribution in [1.82, 2.24) is 14.7 Å². The molecule has 2 heterocycles. The van der Waals surface area contributed by atoms with Crippen LogP contribution in [0.15, 0.2) is 79.1 Å². The molecule has 0 aliphatic heterocycles. The minimum absolute atomic E-state index is 0.0559. The van der Waals surface area contributed by atoms with Crippen LogP contribution >= 0.6 is 0 Å². The van der Waals surface area contributed by atoms with Crippen molar-refractivity contribution >= 4 is 11.6 Å². The normalized spacial score (nSPS) is 12.1. The van der Waals surface area contributed by atoms with Gasteiger partial charge in [-0.2, -0.15) is 0 Å². The number of ether oxygens (including phenoxy) is 1. The van der Waals surface area contributed by atoms with Gasteiger partial charge in [-0.25, -0.2) is 4.98 Å². The molecule has 2 aromatic carbocycles. The molecule has 1 amide bonds. The van der Waals surface area contributed by atoms with E-state index in [1.807, 2.05) is 67.0 Å². The molecular weight excluding hydrogens is 422 g/mol. The van der Waals surface area contributed by atoms with Crippen molar-refractivity contribution < 1.29 is 9.53 Å². The van der Waals surface area contributed by atoms with Crippen molar-refractivity contribution in [2.75, 3.05) is 6.54 Å². The van der Waals surface area contributed by atoms with Gasteiger partial charge < -0.3 is 14.5 Å². The lowest BCUT2D eigenvalue weighted by Crippen LogP contribution is -2.27. The number of nitrogens with zero attached hydrogens (tertiary/aromatic N) is 2. The Morgan fingerprint density at radius 1 is 1.03 bits per heavy atom. The zero-order chi connectivity index (χ0) is 23.9. The number of imidazole rings is 1. The molecule has 0 aliphatic carbocycles. The van der Waals surface area contributed by atoms with E-state index in [0.717, 1.165) is 40.2 Å². The Kier molecular flexibility index (Phi) is 7.63. The van der Waals surface area contributed by atoms with Crippen LogP contribution < -0.4 is 10.1 Å². The summed E-state index contributed by atoms with van der Waals surface area (Å²) >= 11 is 0. The van der Waals surface area contributed by atoms with Gasteiger partial charge in [0.2, 0.25) is 5.91 Å². The molecule has 0 saturated heterocycles. The smallest absolute Gasteiger partial charge is 0.221 e. The van der Waals surface area contributed by atoms with Gasteiger partial charge in [-0.15, -0.1) is 0 Å². The first-order chi connectivity index (χ1) is 16.5. The van der Waals surface area contributed by atoms with Crippen LogP contribution in [0, 0.1) is 12.8 Å². The summed E-state index contributed by atoms with van der Waals surface area (Å²) in [5.41, 5.74) is 5.14. The maximum atomic E-state index is 12.9. The quantitative estimate of drug-likeness (QED) is 0.324. The van der Waals surface area contributed by atoms with Crippen molar-refractivity contribution in [2.24, 2.45) is 5.92 Å². The Bertz CT molecular complexity index is 1230. The van der Waals surface area contributed by atoms with E-state index < -0.39 is 0 Å². The van der Waals surface area contributed by atoms with Crippen LogP contribution in [0.3, 0.4) is 0 Å². The maximum Gasteiger partial charge on any atom is 0.221 e. The van der Waals surface area contributed by atoms with E-state index in [4.69, 9.17) is 9.72 Å². The summed E-state index contributed by atoms with van der Waals surface area (Å²) < 4.78 is 8.18. The number of rotatable bonds is 10. The summed E-state index contributed by atoms with van der Waals surface area (Å²) in [7, 11) is 0. The molecule has 0 fully saturated rings. The fourth-order valence-electron chi connectivity index (χ4n) is 4.22. The number of hydrogen-bond donors (Lipinski definition) is 1. The Morgan fingerprint density at radius 2 is 1.79 bits per heavy atom. The van der Waals surface area contributed by atoms with E-state index in [1.54, 1.807) is 0 Å². The SMILES string of the molecule is Cc1ccccc1C(CC(=O)NCCC(C)C)c1cnc2c(OCc3ccccc3)cccn12. The van der Waals surface area contributed by atoms with Crippen molar-refractivity contribution in [3.8, 4) is 5.75 Å². The van der Waals surface area contributed by atoms with Crippen LogP contribution in [-0.2, 0) is 11.4 Å². The molecular formula is C29H33N3O2. The first-order valence-corrected chi connectivity index (χ1v) is 12.0. The maximum absolute atomic E-state index is 12.9. The molecule has 5 heteroatoms. The molecule has 0 spiro atoms. The summed E-state index contributed by atoms with van der Waals surface area (Å²) in [6.45, 7) is 7.59. The molecule has 4 rings (SSSR count). The monoisotopic (exact) mass is 455 g/mol. The van der Waals surface area contributed by atoms with Gasteiger partial charge in [-0.05, 0) is 48.1 Å². The molecule has 1 unspecified atom stereocenters. The predicted octanol–water partition coefficient (Wildman–Crippen LogP) is 5.91. The minimum Gasteiger partial charge on any atom is -0.485 e. The molecule has 1 atom stereocenters. The average Bonchev–Trinajstić information content (AvgIpc) is 3.27. The van der Waals surface area contributed by atoms with Crippen molar-refractivity contribution in [2.45, 2.75) is 46.1 Å². The average molecular weight is 456 g/mol. The van der Waals surface area contributed by atoms with E-state index in [0.29, 0.717) is 25.5 Å². The summed E-state index contributed by atoms with van der Waals surface area (Å²) in [5, 5.41) is 3.10. The number of carbonyl (C=O) groups is 1. The third-order valence-corrected chi connectivity index (χ3v) is 6.12. The van der Waals surface area contributed by atoms with E-state index in [2.05, 4.69) is 42.6 Å². The largest absolute Gasteiger partial charge is 0.485 e. The Hall–Kier alpha value is -3.60. The van der Waals surface area contributed by atoms with Crippen molar-refractivity contribution in [3.63, 3.8) is 0 Å². The predicted molar refractivity (Wildman–Crippen MR) is 136 cm³/mol. The van der Waals surface area contributed by atoms with Gasteiger partial charge in [0.25, 0.3) is 0 Å². The molecule has 0 aliphatic rings. The fourth-order valence-corrected chi connectivity index (χ4v) is 4.22. The molecule has 2 aromatic heterocycles. The number of fused-ring (bicyclic) bond motifs is 1. The lowest BCUT2D eigenvalue weighted by Gasteiger charge is -2.20. The van der Waals surface area contributed by atoms with E-state index >= 15 is 0 Å². The molecule has 0 bridgehead atoms. The molecule has 176 valence electrons. The first-order valence-electron chi connectivity index (χ1n) is 12.0. The van der Waals surface area contributed by atoms with Crippen molar-refractivity contribution in [3.05, 3.63) is 102 Å². The molecule has 0 radical (unpaired) electrons. The highest BCUT2D eigenvalue weighted by molar-refractivity contribution is 5.77. The van der Waals surface area contributed by atoms with Gasteiger partial charge in [-0.3, -0.25) is 4.79 Å². The molecule has 4 aromatic rings. The Morgan fingerprint density at radius 3 is 2.56 bits per heavy atom. The fraction of sp³-hybridized carbons (Fsp3) is 0.310. The van der Waals surface area contributed by atoms with E-state index in [1.165, 1.54) is 0 Å². The summed E-state index contributed by atoms with van der Waals surface area (Å²) in [6, 6.07) is 22.3. The van der Waals surface area contributed by atoms with Gasteiger partial charge in [-0.1, -0.05) is 68.4 Å². The standard InChI is InChI=1S/C29H33N3O2/c1-21(2)15-16-30-28(33)18-25(24-13-8-7-10-22(24)3)26-19-31-29-27(14-9-17-32(26)29)34-20-23-11-5-4-6-12-23/h4-14,17,19,21,25H,15-16,18,20H2,1-3H3,(H,30,33). The molecule has 5 nitrogen and oxygen atoms in total. The highest BCUT2D eigenvalue weighted by atomic mass is 16.5. The highest BCUT2D eigenvalue weighted by Crippen LogP contribution is 2.32. The number of pyridine rings is 1. The van der Waals surface area contributed by atoms with Crippen LogP contribution in [0.1, 0.15) is 55.0 Å². The van der Waals surface area contributed by atoms with Crippen molar-refractivity contribution in [1.29, 1.82) is 0 Å². The van der Waals surface area contributed by atoms with Gasteiger partial charge in [0, 0.05) is 31.3 Å². The molecule has 0 saturated carbocycles. The lowest BCUT2D eigenvalue weighted by atomic mass is 9.89. The first kappa shape index (κ1) is 23.6. The van der Waals surface area contributed by atoms with Crippen LogP contribution in [0.2, 0.25) is 0 Å². The van der Waals surface area contributed by atoms with Gasteiger partial charge >= 0.3 is 0 Å². The van der Waals surface area contributed by atoms with Crippen LogP contribution in [0.5, 0.6) is 5.75 Å². The second-order valence-electron chi connectivity index (χ2n) is 9.17. The number of hydrogen-bond acceptors (Lipinski definition) is 3. The van der Waals surface area contributed by atoms with Gasteiger partial charge in [0.05, 0.1) is 5.69 Å². The third-order valence-electron chi connectivity index (χ3n) is 6.12. The number of amides is 1. The van der Waals surface area contributed by atoms with E-state index in [9.17, 15) is 4.79 Å². The Labute approximate surface area is 201 Å². The zero-order valence-corrected chi connectivity index (χ0v) is 20.2. The summed E-state index contributed by atoms with van der Waals surface area (Å²) in [5.74, 6) is 1.23. The number of aromatic nitrogens is 2. The molecule has 1 N–H and O–H groups in total. The number of benzene rings is 2. The minimum atomic E-state index is -0.111. The number of aryl methyl sites for hydroxylation is 1. The third kappa shape index (κ3) is 5.66. The van der Waals surface area contributed by atoms with Gasteiger partial charge in [0.15, 0.2) is 11.4 Å². The van der Waals surface area contributed by atoms with Crippen LogP contribution in [0.25, 0.3) is 5.65 Å². The zero-order valence-electron chi connectivity index (χ0n) is 20.2. The molecule has 34 heavy (non-hydrogen) atoms. The second kappa shape index (κ2) is 11.0. The number of carbonyl (C=O) groups excluding carboxylic acids is 1. The van der Waals surface area contributed by atoms with Crippen LogP contribution in [-0.4, -0.2) is 21.8 Å². The van der Waals surface area contributed by atoms with E-state index in [-0.39, 0.29) is 11.8 Å². The van der Waals surface area contributed by atoms with Crippen LogP contribution in [0.4, 0.5) is 0 Å². The second-order valence-corrected chi connectivity index (χ2v) is 9.17. The summed E-state index contributed by atoms with van der Waals surface area (Å²) in [4.78, 5) is 17.6.